The van der Waals surface area contributed by atoms with Crippen LogP contribution < -0.4 is 5.73 Å². The average molecular weight is 252 g/mol. The first kappa shape index (κ1) is 12.7. The quantitative estimate of drug-likeness (QED) is 0.783. The van der Waals surface area contributed by atoms with Crippen molar-refractivity contribution in [2.45, 2.75) is 12.2 Å². The lowest BCUT2D eigenvalue weighted by Crippen LogP contribution is -2.30. The molecule has 1 aliphatic heterocycles. The molecule has 2 heterocycles. The van der Waals surface area contributed by atoms with Crippen molar-refractivity contribution in [2.24, 2.45) is 0 Å². The van der Waals surface area contributed by atoms with Crippen molar-refractivity contribution in [3.8, 4) is 0 Å². The summed E-state index contributed by atoms with van der Waals surface area (Å²) < 4.78 is 10.6. The Morgan fingerprint density at radius 1 is 1.28 bits per heavy atom. The summed E-state index contributed by atoms with van der Waals surface area (Å²) in [7, 11) is 3.21. The Labute approximate surface area is 105 Å². The Bertz CT molecular complexity index is 411. The van der Waals surface area contributed by atoms with E-state index in [0.29, 0.717) is 13.1 Å². The van der Waals surface area contributed by atoms with E-state index in [2.05, 4.69) is 9.97 Å². The lowest BCUT2D eigenvalue weighted by molar-refractivity contribution is -0.00461. The molecule has 2 unspecified atom stereocenters. The summed E-state index contributed by atoms with van der Waals surface area (Å²) in [6, 6.07) is 0. The number of carbonyl (C=O) groups excluding carboxylic acids is 1. The molecule has 1 aromatic heterocycles. The molecule has 7 heteroatoms. The fourth-order valence-electron chi connectivity index (χ4n) is 1.97. The van der Waals surface area contributed by atoms with E-state index >= 15 is 0 Å². The summed E-state index contributed by atoms with van der Waals surface area (Å²) in [6.07, 6.45) is 2.52. The van der Waals surface area contributed by atoms with E-state index in [0.717, 1.165) is 0 Å². The smallest absolute Gasteiger partial charge is 0.274 e. The monoisotopic (exact) mass is 252 g/mol. The van der Waals surface area contributed by atoms with Crippen LogP contribution in [0.15, 0.2) is 12.4 Å². The minimum atomic E-state index is -0.191. The van der Waals surface area contributed by atoms with Gasteiger partial charge in [-0.1, -0.05) is 0 Å². The maximum Gasteiger partial charge on any atom is 0.274 e. The van der Waals surface area contributed by atoms with Crippen LogP contribution in [0, 0.1) is 0 Å². The van der Waals surface area contributed by atoms with Crippen LogP contribution in [0.2, 0.25) is 0 Å². The molecule has 0 aromatic carbocycles. The number of aromatic nitrogens is 2. The van der Waals surface area contributed by atoms with Gasteiger partial charge >= 0.3 is 0 Å². The number of anilines is 1. The van der Waals surface area contributed by atoms with Gasteiger partial charge in [-0.2, -0.15) is 0 Å². The predicted octanol–water partition coefficient (Wildman–Crippen LogP) is -0.455. The zero-order valence-corrected chi connectivity index (χ0v) is 10.4. The number of carbonyl (C=O) groups is 1. The van der Waals surface area contributed by atoms with Crippen molar-refractivity contribution in [3.63, 3.8) is 0 Å². The highest BCUT2D eigenvalue weighted by Crippen LogP contribution is 2.17. The lowest BCUT2D eigenvalue weighted by Gasteiger charge is -2.14. The minimum Gasteiger partial charge on any atom is -0.382 e. The van der Waals surface area contributed by atoms with Gasteiger partial charge in [-0.15, -0.1) is 0 Å². The van der Waals surface area contributed by atoms with E-state index in [1.165, 1.54) is 12.4 Å². The van der Waals surface area contributed by atoms with E-state index < -0.39 is 0 Å². The number of amides is 1. The average Bonchev–Trinajstić information content (AvgIpc) is 2.82. The molecule has 7 nitrogen and oxygen atoms in total. The second-order valence-corrected chi connectivity index (χ2v) is 4.08. The van der Waals surface area contributed by atoms with E-state index in [9.17, 15) is 4.79 Å². The van der Waals surface area contributed by atoms with Crippen molar-refractivity contribution >= 4 is 11.7 Å². The number of nitrogen functional groups attached to an aromatic ring is 1. The van der Waals surface area contributed by atoms with E-state index in [4.69, 9.17) is 15.2 Å². The van der Waals surface area contributed by atoms with Crippen LogP contribution in [0.5, 0.6) is 0 Å². The summed E-state index contributed by atoms with van der Waals surface area (Å²) in [5.74, 6) is 0.0987. The van der Waals surface area contributed by atoms with E-state index in [1.807, 2.05) is 0 Å². The Morgan fingerprint density at radius 2 is 1.89 bits per heavy atom. The normalized spacial score (nSPS) is 23.3. The molecular formula is C11H16N4O3. The molecule has 2 rings (SSSR count). The molecule has 2 N–H and O–H groups in total. The van der Waals surface area contributed by atoms with Gasteiger partial charge in [-0.25, -0.2) is 9.97 Å². The van der Waals surface area contributed by atoms with Gasteiger partial charge in [-0.05, 0) is 0 Å². The minimum absolute atomic E-state index is 0.110. The molecule has 2 atom stereocenters. The second kappa shape index (κ2) is 5.28. The van der Waals surface area contributed by atoms with Crippen molar-refractivity contribution in [1.29, 1.82) is 0 Å². The molecule has 0 aliphatic carbocycles. The summed E-state index contributed by atoms with van der Waals surface area (Å²) in [6.45, 7) is 0.972. The third-order valence-corrected chi connectivity index (χ3v) is 3.00. The fourth-order valence-corrected chi connectivity index (χ4v) is 1.97. The molecule has 0 bridgehead atoms. The van der Waals surface area contributed by atoms with E-state index in [1.54, 1.807) is 19.1 Å². The van der Waals surface area contributed by atoms with Crippen LogP contribution in [0.3, 0.4) is 0 Å². The maximum atomic E-state index is 12.2. The van der Waals surface area contributed by atoms with Crippen molar-refractivity contribution < 1.29 is 14.3 Å². The summed E-state index contributed by atoms with van der Waals surface area (Å²) in [5, 5.41) is 0. The molecule has 0 saturated carbocycles. The highest BCUT2D eigenvalue weighted by Gasteiger charge is 2.36. The van der Waals surface area contributed by atoms with Gasteiger partial charge in [-0.3, -0.25) is 4.79 Å². The number of nitrogens with zero attached hydrogens (tertiary/aromatic N) is 3. The number of hydrogen-bond acceptors (Lipinski definition) is 6. The Hall–Kier alpha value is -1.73. The number of methoxy groups -OCH3 is 2. The van der Waals surface area contributed by atoms with Gasteiger partial charge in [0.2, 0.25) is 0 Å². The molecule has 1 fully saturated rings. The Balaban J connectivity index is 2.09. The number of ether oxygens (including phenoxy) is 2. The zero-order chi connectivity index (χ0) is 13.1. The molecule has 1 aliphatic rings. The molecule has 1 saturated heterocycles. The lowest BCUT2D eigenvalue weighted by atomic mass is 10.3. The van der Waals surface area contributed by atoms with Crippen LogP contribution in [0.1, 0.15) is 10.5 Å². The molecule has 0 spiro atoms. The SMILES string of the molecule is COC1CN(C(=O)c2cnc(N)cn2)CC1OC. The third-order valence-electron chi connectivity index (χ3n) is 3.00. The van der Waals surface area contributed by atoms with Gasteiger partial charge in [0.15, 0.2) is 0 Å². The first-order valence-corrected chi connectivity index (χ1v) is 5.58. The maximum absolute atomic E-state index is 12.2. The van der Waals surface area contributed by atoms with Crippen LogP contribution in [-0.2, 0) is 9.47 Å². The molecule has 1 amide bonds. The number of rotatable bonds is 3. The number of nitrogens with two attached hydrogens (primary N) is 1. The van der Waals surface area contributed by atoms with Gasteiger partial charge in [0.25, 0.3) is 5.91 Å². The van der Waals surface area contributed by atoms with Gasteiger partial charge in [0.1, 0.15) is 23.7 Å². The Kier molecular flexibility index (Phi) is 3.73. The molecule has 0 radical (unpaired) electrons. The van der Waals surface area contributed by atoms with Crippen LogP contribution >= 0.6 is 0 Å². The summed E-state index contributed by atoms with van der Waals surface area (Å²) >= 11 is 0. The topological polar surface area (TPSA) is 90.6 Å². The molecule has 18 heavy (non-hydrogen) atoms. The largest absolute Gasteiger partial charge is 0.382 e. The zero-order valence-electron chi connectivity index (χ0n) is 10.4. The highest BCUT2D eigenvalue weighted by molar-refractivity contribution is 5.92. The molecule has 1 aromatic rings. The van der Waals surface area contributed by atoms with Crippen molar-refractivity contribution in [3.05, 3.63) is 18.1 Å². The molecule has 98 valence electrons. The molecular weight excluding hydrogens is 236 g/mol. The third kappa shape index (κ3) is 2.41. The number of likely N-dealkylation sites (tertiary alicyclic amines) is 1. The summed E-state index contributed by atoms with van der Waals surface area (Å²) in [4.78, 5) is 21.6. The van der Waals surface area contributed by atoms with Crippen LogP contribution in [-0.4, -0.2) is 60.3 Å². The first-order valence-electron chi connectivity index (χ1n) is 5.58. The van der Waals surface area contributed by atoms with Crippen molar-refractivity contribution in [2.75, 3.05) is 33.0 Å². The predicted molar refractivity (Wildman–Crippen MR) is 63.9 cm³/mol. The number of hydrogen-bond donors (Lipinski definition) is 1. The highest BCUT2D eigenvalue weighted by atomic mass is 16.5. The van der Waals surface area contributed by atoms with Crippen molar-refractivity contribution in [1.82, 2.24) is 14.9 Å². The van der Waals surface area contributed by atoms with Crippen LogP contribution in [0.4, 0.5) is 5.82 Å². The second-order valence-electron chi connectivity index (χ2n) is 4.08. The van der Waals surface area contributed by atoms with Gasteiger partial charge < -0.3 is 20.1 Å². The standard InChI is InChI=1S/C11H16N4O3/c1-17-8-5-15(6-9(8)18-2)11(16)7-3-14-10(12)4-13-7/h3-4,8-9H,5-6H2,1-2H3,(H2,12,14). The Morgan fingerprint density at radius 3 is 2.33 bits per heavy atom. The van der Waals surface area contributed by atoms with Gasteiger partial charge in [0.05, 0.1) is 12.4 Å². The van der Waals surface area contributed by atoms with Gasteiger partial charge in [0, 0.05) is 27.3 Å². The van der Waals surface area contributed by atoms with E-state index in [-0.39, 0.29) is 29.6 Å². The van der Waals surface area contributed by atoms with Crippen LogP contribution in [0.25, 0.3) is 0 Å². The fraction of sp³-hybridized carbons (Fsp3) is 0.545. The summed E-state index contributed by atoms with van der Waals surface area (Å²) in [5.41, 5.74) is 5.70. The first-order chi connectivity index (χ1) is 8.65.